The largest absolute Gasteiger partial charge is 0.393 e. The topological polar surface area (TPSA) is 98.3 Å². The normalized spacial score (nSPS) is 19.9. The molecule has 1 aliphatic heterocycles. The maximum Gasteiger partial charge on any atom is 0.294 e. The number of fused-ring (bicyclic) bond motifs is 2. The number of nitro groups is 1. The first kappa shape index (κ1) is 11.0. The molecule has 0 saturated heterocycles. The van der Waals surface area contributed by atoms with Crippen LogP contribution in [0.1, 0.15) is 31.2 Å². The molecule has 6 nitrogen and oxygen atoms in total. The van der Waals surface area contributed by atoms with Crippen LogP contribution in [-0.4, -0.2) is 10.8 Å². The lowest BCUT2D eigenvalue weighted by Crippen LogP contribution is -2.30. The van der Waals surface area contributed by atoms with Crippen LogP contribution in [0.3, 0.4) is 0 Å². The third-order valence-electron chi connectivity index (χ3n) is 4.02. The van der Waals surface area contributed by atoms with Crippen LogP contribution in [0.2, 0.25) is 0 Å². The van der Waals surface area contributed by atoms with E-state index in [1.165, 1.54) is 6.07 Å². The molecule has 18 heavy (non-hydrogen) atoms. The second kappa shape index (κ2) is 3.44. The molecule has 0 atom stereocenters. The van der Waals surface area contributed by atoms with Gasteiger partial charge in [-0.3, -0.25) is 14.9 Å². The Morgan fingerprint density at radius 2 is 2.00 bits per heavy atom. The summed E-state index contributed by atoms with van der Waals surface area (Å²) in [5, 5.41) is 13.6. The fourth-order valence-corrected chi connectivity index (χ4v) is 3.10. The van der Waals surface area contributed by atoms with Crippen LogP contribution in [0.5, 0.6) is 0 Å². The summed E-state index contributed by atoms with van der Waals surface area (Å²) in [6.07, 6.45) is 3.60. The number of hydrogen-bond donors (Lipinski definition) is 2. The number of nitrogen functional groups attached to an aromatic ring is 1. The molecule has 94 valence electrons. The van der Waals surface area contributed by atoms with Gasteiger partial charge in [0.05, 0.1) is 16.0 Å². The summed E-state index contributed by atoms with van der Waals surface area (Å²) < 4.78 is 0. The van der Waals surface area contributed by atoms with Crippen LogP contribution in [0.25, 0.3) is 0 Å². The van der Waals surface area contributed by atoms with Gasteiger partial charge in [0, 0.05) is 6.07 Å². The smallest absolute Gasteiger partial charge is 0.294 e. The van der Waals surface area contributed by atoms with Crippen LogP contribution in [-0.2, 0) is 10.2 Å². The highest BCUT2D eigenvalue weighted by Gasteiger charge is 2.49. The Morgan fingerprint density at radius 3 is 2.61 bits per heavy atom. The number of nitrogens with two attached hydrogens (primary N) is 1. The Labute approximate surface area is 103 Å². The second-order valence-electron chi connectivity index (χ2n) is 4.96. The van der Waals surface area contributed by atoms with Crippen LogP contribution >= 0.6 is 0 Å². The highest BCUT2D eigenvalue weighted by Crippen LogP contribution is 2.50. The first-order valence-corrected chi connectivity index (χ1v) is 5.94. The summed E-state index contributed by atoms with van der Waals surface area (Å²) >= 11 is 0. The quantitative estimate of drug-likeness (QED) is 0.450. The van der Waals surface area contributed by atoms with Crippen LogP contribution in [0, 0.1) is 10.1 Å². The van der Waals surface area contributed by atoms with Gasteiger partial charge in [0.15, 0.2) is 0 Å². The van der Waals surface area contributed by atoms with Crippen molar-refractivity contribution in [2.24, 2.45) is 0 Å². The van der Waals surface area contributed by atoms with E-state index >= 15 is 0 Å². The van der Waals surface area contributed by atoms with Gasteiger partial charge in [0.2, 0.25) is 5.91 Å². The molecule has 0 aromatic heterocycles. The molecule has 1 aromatic carbocycles. The molecule has 0 unspecified atom stereocenters. The number of nitrogens with zero attached hydrogens (tertiary/aromatic N) is 1. The van der Waals surface area contributed by atoms with Crippen molar-refractivity contribution in [1.29, 1.82) is 0 Å². The Balaban J connectivity index is 2.18. The van der Waals surface area contributed by atoms with E-state index in [4.69, 9.17) is 5.73 Å². The van der Waals surface area contributed by atoms with E-state index in [0.29, 0.717) is 5.69 Å². The number of nitrogens with one attached hydrogen (secondary N) is 1. The number of amides is 1. The van der Waals surface area contributed by atoms with Crippen molar-refractivity contribution >= 4 is 23.0 Å². The van der Waals surface area contributed by atoms with Gasteiger partial charge in [-0.2, -0.15) is 0 Å². The molecule has 1 aromatic rings. The van der Waals surface area contributed by atoms with Crippen molar-refractivity contribution < 1.29 is 9.72 Å². The lowest BCUT2D eigenvalue weighted by Gasteiger charge is -2.20. The summed E-state index contributed by atoms with van der Waals surface area (Å²) in [4.78, 5) is 22.4. The van der Waals surface area contributed by atoms with Crippen molar-refractivity contribution in [3.8, 4) is 0 Å². The average Bonchev–Trinajstić information content (AvgIpc) is 2.88. The van der Waals surface area contributed by atoms with E-state index in [2.05, 4.69) is 5.32 Å². The Hall–Kier alpha value is -2.11. The first-order chi connectivity index (χ1) is 8.54. The molecule has 1 amide bonds. The van der Waals surface area contributed by atoms with Gasteiger partial charge in [-0.05, 0) is 24.5 Å². The van der Waals surface area contributed by atoms with E-state index in [1.807, 2.05) is 0 Å². The molecule has 3 rings (SSSR count). The number of rotatable bonds is 1. The summed E-state index contributed by atoms with van der Waals surface area (Å²) in [5.74, 6) is -0.0464. The minimum Gasteiger partial charge on any atom is -0.393 e. The van der Waals surface area contributed by atoms with E-state index in [0.717, 1.165) is 31.2 Å². The maximum atomic E-state index is 12.1. The molecular weight excluding hydrogens is 234 g/mol. The predicted molar refractivity (Wildman–Crippen MR) is 66.3 cm³/mol. The van der Waals surface area contributed by atoms with Gasteiger partial charge in [0.1, 0.15) is 5.69 Å². The molecule has 0 bridgehead atoms. The molecule has 1 saturated carbocycles. The Bertz CT molecular complexity index is 562. The fraction of sp³-hybridized carbons (Fsp3) is 0.417. The summed E-state index contributed by atoms with van der Waals surface area (Å²) in [5.41, 5.74) is 6.56. The van der Waals surface area contributed by atoms with E-state index < -0.39 is 10.3 Å². The first-order valence-electron chi connectivity index (χ1n) is 5.94. The van der Waals surface area contributed by atoms with E-state index in [1.54, 1.807) is 6.07 Å². The van der Waals surface area contributed by atoms with E-state index in [-0.39, 0.29) is 17.3 Å². The Morgan fingerprint density at radius 1 is 1.33 bits per heavy atom. The third kappa shape index (κ3) is 1.25. The zero-order chi connectivity index (χ0) is 12.9. The van der Waals surface area contributed by atoms with Crippen molar-refractivity contribution in [2.45, 2.75) is 31.1 Å². The maximum absolute atomic E-state index is 12.1. The lowest BCUT2D eigenvalue weighted by atomic mass is 9.80. The number of hydrogen-bond acceptors (Lipinski definition) is 4. The van der Waals surface area contributed by atoms with Crippen molar-refractivity contribution in [3.63, 3.8) is 0 Å². The zero-order valence-corrected chi connectivity index (χ0v) is 9.73. The number of nitro benzene ring substituents is 1. The summed E-state index contributed by atoms with van der Waals surface area (Å²) in [6, 6.07) is 2.96. The fourth-order valence-electron chi connectivity index (χ4n) is 3.10. The molecule has 1 fully saturated rings. The predicted octanol–water partition coefficient (Wildman–Crippen LogP) is 1.94. The average molecular weight is 247 g/mol. The molecule has 1 heterocycles. The van der Waals surface area contributed by atoms with Gasteiger partial charge in [0.25, 0.3) is 5.69 Å². The van der Waals surface area contributed by atoms with Gasteiger partial charge in [-0.25, -0.2) is 0 Å². The molecule has 3 N–H and O–H groups in total. The van der Waals surface area contributed by atoms with E-state index in [9.17, 15) is 14.9 Å². The zero-order valence-electron chi connectivity index (χ0n) is 9.73. The molecule has 0 radical (unpaired) electrons. The van der Waals surface area contributed by atoms with Crippen LogP contribution < -0.4 is 11.1 Å². The standard InChI is InChI=1S/C12H13N3O3/c13-8-5-7-9(6-10(8)15(17)18)14-11(16)12(7)3-1-2-4-12/h5-6H,1-4,13H2,(H,14,16). The molecule has 2 aliphatic rings. The SMILES string of the molecule is Nc1cc2c(cc1[N+](=O)[O-])NC(=O)C21CCCC1. The molecule has 1 aliphatic carbocycles. The number of carbonyl (C=O) groups excluding carboxylic acids is 1. The molecule has 1 spiro atoms. The van der Waals surface area contributed by atoms with Crippen LogP contribution in [0.15, 0.2) is 12.1 Å². The van der Waals surface area contributed by atoms with Crippen molar-refractivity contribution in [3.05, 3.63) is 27.8 Å². The highest BCUT2D eigenvalue weighted by molar-refractivity contribution is 6.07. The number of benzene rings is 1. The number of anilines is 2. The molecule has 6 heteroatoms. The monoisotopic (exact) mass is 247 g/mol. The number of carbonyl (C=O) groups is 1. The lowest BCUT2D eigenvalue weighted by molar-refractivity contribution is -0.383. The van der Waals surface area contributed by atoms with Crippen LogP contribution in [0.4, 0.5) is 17.1 Å². The van der Waals surface area contributed by atoms with Gasteiger partial charge in [-0.1, -0.05) is 12.8 Å². The van der Waals surface area contributed by atoms with Gasteiger partial charge >= 0.3 is 0 Å². The minimum absolute atomic E-state index is 0.0464. The minimum atomic E-state index is -0.526. The van der Waals surface area contributed by atoms with Gasteiger partial charge < -0.3 is 11.1 Å². The van der Waals surface area contributed by atoms with Crippen molar-refractivity contribution in [2.75, 3.05) is 11.1 Å². The summed E-state index contributed by atoms with van der Waals surface area (Å²) in [6.45, 7) is 0. The Kier molecular flexibility index (Phi) is 2.10. The van der Waals surface area contributed by atoms with Gasteiger partial charge in [-0.15, -0.1) is 0 Å². The van der Waals surface area contributed by atoms with Crippen molar-refractivity contribution in [1.82, 2.24) is 0 Å². The highest BCUT2D eigenvalue weighted by atomic mass is 16.6. The molecular formula is C12H13N3O3. The second-order valence-corrected chi connectivity index (χ2v) is 4.96. The third-order valence-corrected chi connectivity index (χ3v) is 4.02. The summed E-state index contributed by atoms with van der Waals surface area (Å²) in [7, 11) is 0.